The van der Waals surface area contributed by atoms with Crippen LogP contribution in [0.5, 0.6) is 5.75 Å². The van der Waals surface area contributed by atoms with Gasteiger partial charge < -0.3 is 34.9 Å². The van der Waals surface area contributed by atoms with E-state index in [-0.39, 0.29) is 48.4 Å². The van der Waals surface area contributed by atoms with Gasteiger partial charge in [0.2, 0.25) is 17.8 Å². The number of primary amides is 1. The molecule has 1 aliphatic carbocycles. The van der Waals surface area contributed by atoms with Gasteiger partial charge in [0.15, 0.2) is 18.2 Å². The molecular weight excluding hydrogens is 856 g/mol. The highest BCUT2D eigenvalue weighted by molar-refractivity contribution is 6.33. The maximum Gasteiger partial charge on any atom is 0.293 e. The number of ether oxygens (including phenoxy) is 2. The Kier molecular flexibility index (Phi) is 12.0. The predicted octanol–water partition coefficient (Wildman–Crippen LogP) is 4.07. The van der Waals surface area contributed by atoms with Crippen molar-refractivity contribution in [2.45, 2.75) is 103 Å². The minimum atomic E-state index is -0.994. The van der Waals surface area contributed by atoms with Crippen molar-refractivity contribution in [3.63, 3.8) is 0 Å². The van der Waals surface area contributed by atoms with Gasteiger partial charge in [0, 0.05) is 74.0 Å². The Bertz CT molecular complexity index is 2660. The first-order chi connectivity index (χ1) is 31.1. The Morgan fingerprint density at radius 2 is 1.74 bits per heavy atom. The van der Waals surface area contributed by atoms with Crippen molar-refractivity contribution in [2.24, 2.45) is 5.73 Å². The second-order valence-electron chi connectivity index (χ2n) is 18.0. The zero-order valence-corrected chi connectivity index (χ0v) is 37.6. The lowest BCUT2D eigenvalue weighted by atomic mass is 9.86. The summed E-state index contributed by atoms with van der Waals surface area (Å²) < 4.78 is 13.7. The average molecular weight is 909 g/mol. The number of pyridine rings is 1. The Hall–Kier alpha value is -6.11. The first-order valence-electron chi connectivity index (χ1n) is 22.3. The molecule has 19 heteroatoms. The number of fused-ring (bicyclic) bond motifs is 2. The van der Waals surface area contributed by atoms with Gasteiger partial charge in [0.25, 0.3) is 23.3 Å². The summed E-state index contributed by atoms with van der Waals surface area (Å²) in [6, 6.07) is 10.3. The van der Waals surface area contributed by atoms with Crippen LogP contribution in [0.3, 0.4) is 0 Å². The Balaban J connectivity index is 0.764. The van der Waals surface area contributed by atoms with Crippen LogP contribution in [0.15, 0.2) is 47.4 Å². The maximum absolute atomic E-state index is 13.6. The van der Waals surface area contributed by atoms with Crippen molar-refractivity contribution in [1.82, 2.24) is 29.7 Å². The molecule has 9 rings (SSSR count). The lowest BCUT2D eigenvalue weighted by Gasteiger charge is -2.50. The summed E-state index contributed by atoms with van der Waals surface area (Å²) in [6.07, 6.45) is 5.74. The fourth-order valence-corrected chi connectivity index (χ4v) is 10.2. The Morgan fingerprint density at radius 3 is 2.45 bits per heavy atom. The fraction of sp³-hybridized carbons (Fsp3) is 0.478. The number of nitrogens with zero attached hydrogens (tertiary/aromatic N) is 7. The summed E-state index contributed by atoms with van der Waals surface area (Å²) in [7, 11) is 0. The Labute approximate surface area is 380 Å². The van der Waals surface area contributed by atoms with Crippen molar-refractivity contribution >= 4 is 75.2 Å². The normalized spacial score (nSPS) is 23.0. The number of benzene rings is 2. The molecule has 4 aromatic rings. The fourth-order valence-electron chi connectivity index (χ4n) is 10.1. The third-order valence-corrected chi connectivity index (χ3v) is 13.7. The summed E-state index contributed by atoms with van der Waals surface area (Å²) in [4.78, 5) is 93.2. The van der Waals surface area contributed by atoms with E-state index in [9.17, 15) is 28.8 Å². The van der Waals surface area contributed by atoms with E-state index in [0.717, 1.165) is 79.9 Å². The number of halogens is 1. The molecule has 0 bridgehead atoms. The number of piperazine rings is 1. The zero-order valence-electron chi connectivity index (χ0n) is 36.8. The molecule has 1 unspecified atom stereocenters. The number of piperidine rings is 2. The monoisotopic (exact) mass is 908 g/mol. The van der Waals surface area contributed by atoms with Crippen LogP contribution >= 0.6 is 11.6 Å². The molecule has 0 spiro atoms. The third-order valence-electron chi connectivity index (χ3n) is 13.4. The molecule has 18 nitrogen and oxygen atoms in total. The number of nitrogens with one attached hydrogen (secondary N) is 2. The van der Waals surface area contributed by atoms with Crippen LogP contribution < -0.4 is 36.5 Å². The minimum absolute atomic E-state index is 0.0347. The third kappa shape index (κ3) is 8.50. The second-order valence-corrected chi connectivity index (χ2v) is 18.4. The molecule has 65 heavy (non-hydrogen) atoms. The highest BCUT2D eigenvalue weighted by atomic mass is 35.5. The van der Waals surface area contributed by atoms with E-state index < -0.39 is 42.2 Å². The van der Waals surface area contributed by atoms with E-state index in [1.807, 2.05) is 45.0 Å². The maximum atomic E-state index is 13.6. The van der Waals surface area contributed by atoms with Crippen molar-refractivity contribution in [3.8, 4) is 5.75 Å². The van der Waals surface area contributed by atoms with Crippen LogP contribution in [0.2, 0.25) is 5.02 Å². The topological polar surface area (TPSA) is 215 Å². The van der Waals surface area contributed by atoms with Gasteiger partial charge in [-0.05, 0) is 102 Å². The molecule has 2 aromatic carbocycles. The molecule has 4 N–H and O–H groups in total. The van der Waals surface area contributed by atoms with Crippen molar-refractivity contribution < 1.29 is 33.4 Å². The number of anilines is 4. The van der Waals surface area contributed by atoms with Crippen LogP contribution in [0.25, 0.3) is 10.9 Å². The van der Waals surface area contributed by atoms with Gasteiger partial charge >= 0.3 is 0 Å². The van der Waals surface area contributed by atoms with E-state index in [1.54, 1.807) is 22.9 Å². The van der Waals surface area contributed by atoms with Crippen LogP contribution in [-0.2, 0) is 19.1 Å². The molecule has 3 saturated heterocycles. The van der Waals surface area contributed by atoms with Gasteiger partial charge in [-0.3, -0.25) is 43.9 Å². The number of nitrogens with two attached hydrogens (primary N) is 1. The molecule has 342 valence electrons. The van der Waals surface area contributed by atoms with Gasteiger partial charge in [-0.1, -0.05) is 11.6 Å². The highest BCUT2D eigenvalue weighted by Gasteiger charge is 2.46. The Morgan fingerprint density at radius 1 is 0.969 bits per heavy atom. The summed E-state index contributed by atoms with van der Waals surface area (Å²) in [6.45, 7) is 11.3. The summed E-state index contributed by atoms with van der Waals surface area (Å²) >= 11 is 6.59. The van der Waals surface area contributed by atoms with Crippen molar-refractivity contribution in [1.29, 1.82) is 0 Å². The van der Waals surface area contributed by atoms with Gasteiger partial charge in [-0.2, -0.15) is 4.98 Å². The quantitative estimate of drug-likeness (QED) is 0.171. The number of hydrogen-bond donors (Lipinski definition) is 3. The van der Waals surface area contributed by atoms with E-state index in [2.05, 4.69) is 37.2 Å². The largest absolute Gasteiger partial charge is 0.478 e. The smallest absolute Gasteiger partial charge is 0.293 e. The van der Waals surface area contributed by atoms with E-state index in [0.29, 0.717) is 45.2 Å². The highest BCUT2D eigenvalue weighted by Crippen LogP contribution is 2.38. The first kappa shape index (κ1) is 44.1. The number of rotatable bonds is 12. The molecule has 4 aliphatic heterocycles. The standard InChI is InChI=1S/C46H53ClN10O8/c1-24(2)56-35-7-5-28(17-27(35)18-37(44(56)62)64-23-38(48)58)50-41-33(47)21-49-46(52-41)53-13-11-30(12-14-53)65-31-19-29(20-31)55-16-15-54(22-25(55)3)34-8-6-32-40(26(34)4)45(63)57(43(32)61)36-9-10-39(59)51-42(36)60/h5-8,17-18,21,24-25,29-31,36H,9-16,19-20,22-23H2,1-4H3,(H2,48,58)(H,49,50,52)(H,51,59,60)/t25-,29-,31-,36?/m0/s1. The van der Waals surface area contributed by atoms with Gasteiger partial charge in [0.1, 0.15) is 11.1 Å². The molecule has 0 radical (unpaired) electrons. The number of carbonyl (C=O) groups is 5. The first-order valence-corrected chi connectivity index (χ1v) is 22.7. The van der Waals surface area contributed by atoms with E-state index in [1.165, 1.54) is 0 Å². The summed E-state index contributed by atoms with van der Waals surface area (Å²) in [5, 5.41) is 6.64. The molecular formula is C46H53ClN10O8. The van der Waals surface area contributed by atoms with E-state index in [4.69, 9.17) is 31.8 Å². The van der Waals surface area contributed by atoms with Crippen molar-refractivity contribution in [2.75, 3.05) is 54.4 Å². The average Bonchev–Trinajstić information content (AvgIpc) is 3.51. The molecule has 2 aromatic heterocycles. The van der Waals surface area contributed by atoms with Gasteiger partial charge in [-0.25, -0.2) is 4.98 Å². The molecule has 2 atom stereocenters. The summed E-state index contributed by atoms with van der Waals surface area (Å²) in [5.74, 6) is -1.62. The number of hydrogen-bond acceptors (Lipinski definition) is 14. The van der Waals surface area contributed by atoms with Gasteiger partial charge in [-0.15, -0.1) is 0 Å². The molecule has 6 heterocycles. The SMILES string of the molecule is Cc1c(N2CCN([C@H]3C[C@H](OC4CCN(c5ncc(Cl)c(Nc6ccc7c(c6)cc(OCC(N)=O)c(=O)n7C(C)C)n5)CC4)C3)[C@@H](C)C2)ccc2c1C(=O)N(C1CCC(=O)NC1=O)C2=O. The number of carbonyl (C=O) groups excluding carboxylic acids is 5. The second kappa shape index (κ2) is 17.7. The number of imide groups is 2. The minimum Gasteiger partial charge on any atom is -0.478 e. The number of amides is 5. The molecule has 5 amide bonds. The van der Waals surface area contributed by atoms with E-state index >= 15 is 0 Å². The predicted molar refractivity (Wildman–Crippen MR) is 243 cm³/mol. The van der Waals surface area contributed by atoms with Crippen LogP contribution in [-0.4, -0.2) is 124 Å². The molecule has 5 aliphatic rings. The zero-order chi connectivity index (χ0) is 45.8. The van der Waals surface area contributed by atoms with Crippen LogP contribution in [0, 0.1) is 6.92 Å². The summed E-state index contributed by atoms with van der Waals surface area (Å²) in [5.41, 5.74) is 8.59. The van der Waals surface area contributed by atoms with Crippen LogP contribution in [0.4, 0.5) is 23.1 Å². The number of aromatic nitrogens is 3. The van der Waals surface area contributed by atoms with Gasteiger partial charge in [0.05, 0.1) is 35.0 Å². The molecule has 4 fully saturated rings. The lowest BCUT2D eigenvalue weighted by molar-refractivity contribution is -0.136. The molecule has 1 saturated carbocycles. The van der Waals surface area contributed by atoms with Crippen LogP contribution in [0.1, 0.15) is 91.6 Å². The van der Waals surface area contributed by atoms with Crippen molar-refractivity contribution in [3.05, 3.63) is 74.7 Å². The lowest BCUT2D eigenvalue weighted by Crippen LogP contribution is -2.60.